The largest absolute Gasteiger partial charge is 0.460 e. The molecule has 1 atom stereocenters. The molecule has 0 radical (unpaired) electrons. The molecule has 0 aromatic heterocycles. The molecule has 1 unspecified atom stereocenters. The second kappa shape index (κ2) is 15.4. The maximum Gasteiger partial charge on any atom is 0.302 e. The molecule has 0 saturated carbocycles. The van der Waals surface area contributed by atoms with Crippen LogP contribution in [0.15, 0.2) is 0 Å². The van der Waals surface area contributed by atoms with Gasteiger partial charge in [0.25, 0.3) is 0 Å². The Balaban J connectivity index is 0. The van der Waals surface area contributed by atoms with E-state index in [-0.39, 0.29) is 12.1 Å². The Morgan fingerprint density at radius 3 is 1.88 bits per heavy atom. The summed E-state index contributed by atoms with van der Waals surface area (Å²) in [6, 6.07) is 0. The van der Waals surface area contributed by atoms with E-state index in [1.54, 1.807) is 14.0 Å². The van der Waals surface area contributed by atoms with E-state index < -0.39 is 0 Å². The summed E-state index contributed by atoms with van der Waals surface area (Å²) in [6.07, 6.45) is -0.132. The molecule has 0 saturated heterocycles. The van der Waals surface area contributed by atoms with Crippen molar-refractivity contribution < 1.29 is 23.7 Å². The van der Waals surface area contributed by atoms with Crippen LogP contribution in [0.5, 0.6) is 0 Å². The van der Waals surface area contributed by atoms with Crippen molar-refractivity contribution in [2.75, 3.05) is 40.1 Å². The summed E-state index contributed by atoms with van der Waals surface area (Å²) < 4.78 is 19.5. The molecule has 0 spiro atoms. The van der Waals surface area contributed by atoms with Gasteiger partial charge in [0, 0.05) is 27.2 Å². The summed E-state index contributed by atoms with van der Waals surface area (Å²) in [6.45, 7) is 10.6. The standard InChI is InChI=1S/C6H12O3.C6H14O2/c1-5(4-8-3)9-6(2)7;1-3-7-5-6-8-4-2/h5H,4H2,1-3H3;3-6H2,1-2H3. The van der Waals surface area contributed by atoms with Gasteiger partial charge in [-0.05, 0) is 20.8 Å². The molecule has 0 aromatic carbocycles. The molecule has 5 nitrogen and oxygen atoms in total. The van der Waals surface area contributed by atoms with Gasteiger partial charge in [-0.2, -0.15) is 0 Å². The van der Waals surface area contributed by atoms with E-state index in [0.717, 1.165) is 26.4 Å². The van der Waals surface area contributed by atoms with E-state index in [1.807, 2.05) is 13.8 Å². The summed E-state index contributed by atoms with van der Waals surface area (Å²) in [4.78, 5) is 10.3. The van der Waals surface area contributed by atoms with Crippen LogP contribution >= 0.6 is 0 Å². The Hall–Kier alpha value is -0.650. The van der Waals surface area contributed by atoms with Crippen LogP contribution in [0.25, 0.3) is 0 Å². The lowest BCUT2D eigenvalue weighted by molar-refractivity contribution is -0.147. The normalized spacial score (nSPS) is 11.4. The lowest BCUT2D eigenvalue weighted by Gasteiger charge is -2.08. The third kappa shape index (κ3) is 21.2. The molecule has 104 valence electrons. The molecular weight excluding hydrogens is 224 g/mol. The first kappa shape index (κ1) is 18.7. The number of carbonyl (C=O) groups is 1. The lowest BCUT2D eigenvalue weighted by Crippen LogP contribution is -2.17. The minimum absolute atomic E-state index is 0.132. The van der Waals surface area contributed by atoms with Gasteiger partial charge in [0.05, 0.1) is 19.8 Å². The van der Waals surface area contributed by atoms with Gasteiger partial charge in [-0.25, -0.2) is 0 Å². The Labute approximate surface area is 104 Å². The van der Waals surface area contributed by atoms with Gasteiger partial charge in [-0.3, -0.25) is 4.79 Å². The topological polar surface area (TPSA) is 54.0 Å². The number of hydrogen-bond acceptors (Lipinski definition) is 5. The van der Waals surface area contributed by atoms with Gasteiger partial charge in [0.15, 0.2) is 0 Å². The molecule has 5 heteroatoms. The molecular formula is C12H26O5. The lowest BCUT2D eigenvalue weighted by atomic mass is 10.4. The van der Waals surface area contributed by atoms with Gasteiger partial charge in [-0.1, -0.05) is 0 Å². The molecule has 0 aliphatic rings. The van der Waals surface area contributed by atoms with Gasteiger partial charge in [0.2, 0.25) is 0 Å². The fraction of sp³-hybridized carbons (Fsp3) is 0.917. The van der Waals surface area contributed by atoms with Crippen molar-refractivity contribution in [3.63, 3.8) is 0 Å². The van der Waals surface area contributed by atoms with Crippen LogP contribution in [-0.4, -0.2) is 52.2 Å². The van der Waals surface area contributed by atoms with Gasteiger partial charge in [0.1, 0.15) is 6.10 Å². The van der Waals surface area contributed by atoms with E-state index in [2.05, 4.69) is 0 Å². The first-order valence-corrected chi connectivity index (χ1v) is 5.90. The number of carbonyl (C=O) groups excluding carboxylic acids is 1. The minimum atomic E-state index is -0.264. The predicted octanol–water partition coefficient (Wildman–Crippen LogP) is 1.64. The molecule has 0 aliphatic carbocycles. The van der Waals surface area contributed by atoms with Crippen LogP contribution in [0, 0.1) is 0 Å². The Kier molecular flexibility index (Phi) is 16.9. The quantitative estimate of drug-likeness (QED) is 0.484. The minimum Gasteiger partial charge on any atom is -0.460 e. The Morgan fingerprint density at radius 1 is 1.12 bits per heavy atom. The highest BCUT2D eigenvalue weighted by Gasteiger charge is 2.02. The van der Waals surface area contributed by atoms with E-state index in [4.69, 9.17) is 18.9 Å². The SMILES string of the molecule is CCOCCOCC.COCC(C)OC(C)=O. The highest BCUT2D eigenvalue weighted by Crippen LogP contribution is 1.90. The second-order valence-electron chi connectivity index (χ2n) is 3.27. The molecule has 0 aliphatic heterocycles. The number of rotatable bonds is 8. The van der Waals surface area contributed by atoms with Crippen LogP contribution in [0.1, 0.15) is 27.7 Å². The average Bonchev–Trinajstić information content (AvgIpc) is 2.25. The smallest absolute Gasteiger partial charge is 0.302 e. The van der Waals surface area contributed by atoms with Crippen molar-refractivity contribution in [3.8, 4) is 0 Å². The van der Waals surface area contributed by atoms with Gasteiger partial charge >= 0.3 is 5.97 Å². The highest BCUT2D eigenvalue weighted by atomic mass is 16.6. The highest BCUT2D eigenvalue weighted by molar-refractivity contribution is 5.66. The van der Waals surface area contributed by atoms with Crippen molar-refractivity contribution in [2.24, 2.45) is 0 Å². The van der Waals surface area contributed by atoms with Crippen molar-refractivity contribution in [1.29, 1.82) is 0 Å². The maximum atomic E-state index is 10.3. The fourth-order valence-electron chi connectivity index (χ4n) is 0.959. The molecule has 0 heterocycles. The first-order valence-electron chi connectivity index (χ1n) is 5.90. The number of ether oxygens (including phenoxy) is 4. The fourth-order valence-corrected chi connectivity index (χ4v) is 0.959. The Morgan fingerprint density at radius 2 is 1.59 bits per heavy atom. The zero-order chi connectivity index (χ0) is 13.5. The second-order valence-corrected chi connectivity index (χ2v) is 3.27. The third-order valence-electron chi connectivity index (χ3n) is 1.55. The number of hydrogen-bond donors (Lipinski definition) is 0. The molecule has 0 fully saturated rings. The summed E-state index contributed by atoms with van der Waals surface area (Å²) in [5.41, 5.74) is 0. The molecule has 0 N–H and O–H groups in total. The van der Waals surface area contributed by atoms with Crippen LogP contribution in [-0.2, 0) is 23.7 Å². The van der Waals surface area contributed by atoms with Gasteiger partial charge < -0.3 is 18.9 Å². The predicted molar refractivity (Wildman–Crippen MR) is 66.1 cm³/mol. The van der Waals surface area contributed by atoms with Crippen LogP contribution in [0.2, 0.25) is 0 Å². The summed E-state index contributed by atoms with van der Waals surface area (Å²) in [5.74, 6) is -0.264. The molecule has 17 heavy (non-hydrogen) atoms. The van der Waals surface area contributed by atoms with Crippen LogP contribution < -0.4 is 0 Å². The molecule has 0 amide bonds. The van der Waals surface area contributed by atoms with E-state index >= 15 is 0 Å². The van der Waals surface area contributed by atoms with Crippen LogP contribution in [0.4, 0.5) is 0 Å². The maximum absolute atomic E-state index is 10.3. The monoisotopic (exact) mass is 250 g/mol. The molecule has 0 aromatic rings. The van der Waals surface area contributed by atoms with Crippen LogP contribution in [0.3, 0.4) is 0 Å². The van der Waals surface area contributed by atoms with Crippen molar-refractivity contribution in [3.05, 3.63) is 0 Å². The summed E-state index contributed by atoms with van der Waals surface area (Å²) >= 11 is 0. The number of esters is 1. The van der Waals surface area contributed by atoms with E-state index in [9.17, 15) is 4.79 Å². The molecule has 0 rings (SSSR count). The van der Waals surface area contributed by atoms with E-state index in [1.165, 1.54) is 6.92 Å². The van der Waals surface area contributed by atoms with Gasteiger partial charge in [-0.15, -0.1) is 0 Å². The summed E-state index contributed by atoms with van der Waals surface area (Å²) in [5, 5.41) is 0. The van der Waals surface area contributed by atoms with E-state index in [0.29, 0.717) is 6.61 Å². The number of methoxy groups -OCH3 is 1. The van der Waals surface area contributed by atoms with Crippen molar-refractivity contribution in [1.82, 2.24) is 0 Å². The Bertz CT molecular complexity index is 155. The van der Waals surface area contributed by atoms with Crippen molar-refractivity contribution in [2.45, 2.75) is 33.8 Å². The third-order valence-corrected chi connectivity index (χ3v) is 1.55. The average molecular weight is 250 g/mol. The summed E-state index contributed by atoms with van der Waals surface area (Å²) in [7, 11) is 1.57. The molecule has 0 bridgehead atoms. The van der Waals surface area contributed by atoms with Crippen molar-refractivity contribution >= 4 is 5.97 Å². The first-order chi connectivity index (χ1) is 8.08. The zero-order valence-electron chi connectivity index (χ0n) is 11.7. The zero-order valence-corrected chi connectivity index (χ0v) is 11.7.